The predicted molar refractivity (Wildman–Crippen MR) is 103 cm³/mol. The van der Waals surface area contributed by atoms with E-state index in [9.17, 15) is 8.42 Å². The maximum Gasteiger partial charge on any atom is 0.243 e. The van der Waals surface area contributed by atoms with Gasteiger partial charge in [0, 0.05) is 38.4 Å². The normalized spacial score (nSPS) is 17.7. The molecule has 2 heterocycles. The number of hydrogen-bond acceptors (Lipinski definition) is 5. The number of benzene rings is 2. The van der Waals surface area contributed by atoms with Crippen molar-refractivity contribution in [3.05, 3.63) is 48.0 Å². The molecule has 0 amide bonds. The van der Waals surface area contributed by atoms with Crippen molar-refractivity contribution in [3.8, 4) is 5.75 Å². The second kappa shape index (κ2) is 6.81. The molecule has 2 aliphatic rings. The van der Waals surface area contributed by atoms with Gasteiger partial charge in [-0.2, -0.15) is 4.31 Å². The Bertz CT molecular complexity index is 906. The van der Waals surface area contributed by atoms with Crippen LogP contribution < -0.4 is 15.0 Å². The topological polar surface area (TPSA) is 61.9 Å². The molecule has 0 spiro atoms. The second-order valence-corrected chi connectivity index (χ2v) is 8.50. The molecule has 1 saturated heterocycles. The first-order valence-corrected chi connectivity index (χ1v) is 10.3. The molecule has 0 saturated carbocycles. The SMILES string of the molecule is COc1ccccc1N1CCN(S(=O)(=O)c2ccc3c(c2)CCN3)CC1. The van der Waals surface area contributed by atoms with Crippen LogP contribution in [-0.2, 0) is 16.4 Å². The number of rotatable bonds is 4. The van der Waals surface area contributed by atoms with Gasteiger partial charge in [-0.15, -0.1) is 0 Å². The highest BCUT2D eigenvalue weighted by molar-refractivity contribution is 7.89. The van der Waals surface area contributed by atoms with Gasteiger partial charge in [-0.25, -0.2) is 8.42 Å². The number of sulfonamides is 1. The number of methoxy groups -OCH3 is 1. The number of nitrogens with one attached hydrogen (secondary N) is 1. The van der Waals surface area contributed by atoms with Crippen LogP contribution in [0.1, 0.15) is 5.56 Å². The Morgan fingerprint density at radius 2 is 1.81 bits per heavy atom. The molecule has 0 unspecified atom stereocenters. The molecule has 0 atom stereocenters. The number of fused-ring (bicyclic) bond motifs is 1. The van der Waals surface area contributed by atoms with Gasteiger partial charge >= 0.3 is 0 Å². The molecule has 2 aromatic carbocycles. The lowest BCUT2D eigenvalue weighted by Crippen LogP contribution is -2.48. The van der Waals surface area contributed by atoms with Crippen LogP contribution in [0.5, 0.6) is 5.75 Å². The smallest absolute Gasteiger partial charge is 0.243 e. The van der Waals surface area contributed by atoms with Crippen molar-refractivity contribution in [1.29, 1.82) is 0 Å². The van der Waals surface area contributed by atoms with Crippen molar-refractivity contribution in [2.45, 2.75) is 11.3 Å². The van der Waals surface area contributed by atoms with Crippen LogP contribution in [0.4, 0.5) is 11.4 Å². The van der Waals surface area contributed by atoms with E-state index in [2.05, 4.69) is 10.2 Å². The van der Waals surface area contributed by atoms with Gasteiger partial charge in [0.25, 0.3) is 0 Å². The third kappa shape index (κ3) is 3.01. The lowest BCUT2D eigenvalue weighted by Gasteiger charge is -2.36. The maximum absolute atomic E-state index is 13.0. The number of ether oxygens (including phenoxy) is 1. The summed E-state index contributed by atoms with van der Waals surface area (Å²) < 4.78 is 33.0. The zero-order chi connectivity index (χ0) is 18.1. The van der Waals surface area contributed by atoms with Gasteiger partial charge in [0.2, 0.25) is 10.0 Å². The molecular formula is C19H23N3O3S. The fourth-order valence-corrected chi connectivity index (χ4v) is 5.12. The molecule has 7 heteroatoms. The van der Waals surface area contributed by atoms with Gasteiger partial charge in [0.05, 0.1) is 17.7 Å². The Morgan fingerprint density at radius 1 is 1.04 bits per heavy atom. The molecule has 1 fully saturated rings. The Kier molecular flexibility index (Phi) is 4.50. The van der Waals surface area contributed by atoms with Gasteiger partial charge in [0.15, 0.2) is 0 Å². The van der Waals surface area contributed by atoms with E-state index in [1.165, 1.54) is 0 Å². The van der Waals surface area contributed by atoms with E-state index < -0.39 is 10.0 Å². The molecule has 2 aromatic rings. The quantitative estimate of drug-likeness (QED) is 0.890. The van der Waals surface area contributed by atoms with E-state index >= 15 is 0 Å². The van der Waals surface area contributed by atoms with Crippen molar-refractivity contribution in [3.63, 3.8) is 0 Å². The Balaban J connectivity index is 1.50. The van der Waals surface area contributed by atoms with Gasteiger partial charge in [-0.05, 0) is 42.3 Å². The van der Waals surface area contributed by atoms with E-state index in [1.807, 2.05) is 36.4 Å². The molecule has 6 nitrogen and oxygen atoms in total. The first-order valence-electron chi connectivity index (χ1n) is 8.84. The summed E-state index contributed by atoms with van der Waals surface area (Å²) in [6.07, 6.45) is 0.875. The Hall–Kier alpha value is -2.25. The summed E-state index contributed by atoms with van der Waals surface area (Å²) >= 11 is 0. The van der Waals surface area contributed by atoms with Gasteiger partial charge in [0.1, 0.15) is 5.75 Å². The molecule has 1 N–H and O–H groups in total. The lowest BCUT2D eigenvalue weighted by molar-refractivity contribution is 0.378. The van der Waals surface area contributed by atoms with Gasteiger partial charge in [-0.1, -0.05) is 12.1 Å². The second-order valence-electron chi connectivity index (χ2n) is 6.56. The Morgan fingerprint density at radius 3 is 2.58 bits per heavy atom. The Labute approximate surface area is 154 Å². The van der Waals surface area contributed by atoms with Gasteiger partial charge < -0.3 is 15.0 Å². The highest BCUT2D eigenvalue weighted by Crippen LogP contribution is 2.30. The fraction of sp³-hybridized carbons (Fsp3) is 0.368. The average molecular weight is 373 g/mol. The minimum Gasteiger partial charge on any atom is -0.495 e. The predicted octanol–water partition coefficient (Wildman–Crippen LogP) is 2.17. The van der Waals surface area contributed by atoms with Crippen LogP contribution in [0.25, 0.3) is 0 Å². The third-order valence-corrected chi connectivity index (χ3v) is 6.98. The molecule has 4 rings (SSSR count). The summed E-state index contributed by atoms with van der Waals surface area (Å²) in [6.45, 7) is 3.10. The molecule has 0 radical (unpaired) electrons. The van der Waals surface area contributed by atoms with E-state index in [0.717, 1.165) is 35.7 Å². The lowest BCUT2D eigenvalue weighted by atomic mass is 10.2. The zero-order valence-corrected chi connectivity index (χ0v) is 15.6. The van der Waals surface area contributed by atoms with Crippen LogP contribution >= 0.6 is 0 Å². The maximum atomic E-state index is 13.0. The fourth-order valence-electron chi connectivity index (χ4n) is 3.65. The molecule has 138 valence electrons. The van der Waals surface area contributed by atoms with E-state index in [1.54, 1.807) is 17.5 Å². The van der Waals surface area contributed by atoms with Crippen LogP contribution in [0.2, 0.25) is 0 Å². The molecule has 0 bridgehead atoms. The summed E-state index contributed by atoms with van der Waals surface area (Å²) in [5.74, 6) is 0.815. The van der Waals surface area contributed by atoms with Crippen molar-refractivity contribution in [2.75, 3.05) is 50.1 Å². The van der Waals surface area contributed by atoms with E-state index in [0.29, 0.717) is 31.1 Å². The van der Waals surface area contributed by atoms with Gasteiger partial charge in [-0.3, -0.25) is 0 Å². The van der Waals surface area contributed by atoms with E-state index in [-0.39, 0.29) is 0 Å². The van der Waals surface area contributed by atoms with Crippen LogP contribution in [0.15, 0.2) is 47.4 Å². The number of hydrogen-bond donors (Lipinski definition) is 1. The standard InChI is InChI=1S/C19H23N3O3S/c1-25-19-5-3-2-4-18(19)21-10-12-22(13-11-21)26(23,24)16-6-7-17-15(14-16)8-9-20-17/h2-7,14,20H,8-13H2,1H3. The number of anilines is 2. The number of nitrogens with zero attached hydrogens (tertiary/aromatic N) is 2. The first-order chi connectivity index (χ1) is 12.6. The summed E-state index contributed by atoms with van der Waals surface area (Å²) in [4.78, 5) is 2.57. The highest BCUT2D eigenvalue weighted by Gasteiger charge is 2.30. The third-order valence-electron chi connectivity index (χ3n) is 5.09. The summed E-state index contributed by atoms with van der Waals surface area (Å²) in [6, 6.07) is 13.2. The summed E-state index contributed by atoms with van der Waals surface area (Å²) in [5, 5.41) is 3.27. The average Bonchev–Trinajstić information content (AvgIpc) is 3.16. The van der Waals surface area contributed by atoms with Crippen molar-refractivity contribution >= 4 is 21.4 Å². The van der Waals surface area contributed by atoms with Crippen LogP contribution in [0.3, 0.4) is 0 Å². The molecule has 26 heavy (non-hydrogen) atoms. The number of piperazine rings is 1. The monoisotopic (exact) mass is 373 g/mol. The van der Waals surface area contributed by atoms with Crippen LogP contribution in [0, 0.1) is 0 Å². The zero-order valence-electron chi connectivity index (χ0n) is 14.8. The van der Waals surface area contributed by atoms with Crippen molar-refractivity contribution in [1.82, 2.24) is 4.31 Å². The first kappa shape index (κ1) is 17.2. The molecule has 2 aliphatic heterocycles. The van der Waals surface area contributed by atoms with E-state index in [4.69, 9.17) is 4.74 Å². The molecule has 0 aliphatic carbocycles. The molecular weight excluding hydrogens is 350 g/mol. The number of para-hydroxylation sites is 2. The van der Waals surface area contributed by atoms with Crippen LogP contribution in [-0.4, -0.2) is 52.6 Å². The largest absolute Gasteiger partial charge is 0.495 e. The minimum absolute atomic E-state index is 0.394. The van der Waals surface area contributed by atoms with Crippen molar-refractivity contribution < 1.29 is 13.2 Å². The summed E-state index contributed by atoms with van der Waals surface area (Å²) in [7, 11) is -1.80. The summed E-state index contributed by atoms with van der Waals surface area (Å²) in [5.41, 5.74) is 3.14. The van der Waals surface area contributed by atoms with Crippen molar-refractivity contribution in [2.24, 2.45) is 0 Å². The molecule has 0 aromatic heterocycles. The highest BCUT2D eigenvalue weighted by atomic mass is 32.2. The minimum atomic E-state index is -3.46.